The van der Waals surface area contributed by atoms with E-state index in [9.17, 15) is 9.90 Å². The molecule has 2 aromatic carbocycles. The molecule has 36 heavy (non-hydrogen) atoms. The lowest BCUT2D eigenvalue weighted by molar-refractivity contribution is 0.101. The molecular weight excluding hydrogens is 497 g/mol. The Bertz CT molecular complexity index is 1400. The van der Waals surface area contributed by atoms with E-state index in [-0.39, 0.29) is 29.0 Å². The van der Waals surface area contributed by atoms with Gasteiger partial charge in [-0.3, -0.25) is 14.5 Å². The molecule has 9 heteroatoms. The van der Waals surface area contributed by atoms with Gasteiger partial charge < -0.3 is 15.3 Å². The number of rotatable bonds is 5. The third-order valence-corrected chi connectivity index (χ3v) is 7.11. The highest BCUT2D eigenvalue weighted by Crippen LogP contribution is 2.38. The number of aromatic nitrogens is 3. The number of ketones is 1. The smallest absolute Gasteiger partial charge is 0.163 e. The third kappa shape index (κ3) is 5.05. The topological polar surface area (TPSA) is 83.3 Å². The van der Waals surface area contributed by atoms with E-state index >= 15 is 0 Å². The van der Waals surface area contributed by atoms with Crippen molar-refractivity contribution in [1.82, 2.24) is 19.7 Å². The van der Waals surface area contributed by atoms with Crippen LogP contribution in [0.2, 0.25) is 10.0 Å². The fourth-order valence-electron chi connectivity index (χ4n) is 4.51. The first-order valence-electron chi connectivity index (χ1n) is 11.4. The number of pyridine rings is 1. The first-order valence-corrected chi connectivity index (χ1v) is 12.2. The molecule has 7 nitrogen and oxygen atoms in total. The van der Waals surface area contributed by atoms with Gasteiger partial charge in [-0.25, -0.2) is 0 Å². The molecule has 3 heterocycles. The number of halogens is 2. The van der Waals surface area contributed by atoms with E-state index in [4.69, 9.17) is 23.2 Å². The quantitative estimate of drug-likeness (QED) is 0.274. The number of hydrogen-bond acceptors (Lipinski definition) is 6. The summed E-state index contributed by atoms with van der Waals surface area (Å²) < 4.78 is 2.01. The molecule has 188 valence electrons. The molecule has 1 aliphatic heterocycles. The maximum Gasteiger partial charge on any atom is 0.163 e. The lowest BCUT2D eigenvalue weighted by Gasteiger charge is -2.28. The second kappa shape index (κ2) is 10.5. The number of carbonyl (C=O) groups excluding carboxylic acids is 1. The molecule has 0 saturated carbocycles. The highest BCUT2D eigenvalue weighted by molar-refractivity contribution is 6.37. The minimum absolute atomic E-state index is 0. The van der Waals surface area contributed by atoms with Crippen LogP contribution >= 0.6 is 23.2 Å². The van der Waals surface area contributed by atoms with Crippen molar-refractivity contribution in [2.24, 2.45) is 0 Å². The summed E-state index contributed by atoms with van der Waals surface area (Å²) in [6.45, 7) is 3.62. The standard InChI is InChI=1S/C26H25Cl2N5O2.CH4/c1-15(34)21-13-29-24-4-3-16(17-10-22(27)26(35)23(28)11-17)9-20(24)25(21)31-18-12-30-33(14-18)19-5-7-32(2)8-6-19;/h3-4,9-14,19,35H,5-8H2,1-2H3,(H,29,31);1H4. The number of phenolic OH excluding ortho intramolecular Hbond substituents is 1. The fourth-order valence-corrected chi connectivity index (χ4v) is 5.00. The van der Waals surface area contributed by atoms with E-state index in [0.29, 0.717) is 17.3 Å². The van der Waals surface area contributed by atoms with Crippen molar-refractivity contribution in [2.45, 2.75) is 33.2 Å². The zero-order chi connectivity index (χ0) is 24.7. The zero-order valence-corrected chi connectivity index (χ0v) is 20.9. The summed E-state index contributed by atoms with van der Waals surface area (Å²) >= 11 is 12.3. The lowest BCUT2D eigenvalue weighted by atomic mass is 10.00. The minimum Gasteiger partial charge on any atom is -0.505 e. The molecule has 1 saturated heterocycles. The first-order chi connectivity index (χ1) is 16.8. The lowest BCUT2D eigenvalue weighted by Crippen LogP contribution is -2.31. The van der Waals surface area contributed by atoms with Crippen LogP contribution in [-0.4, -0.2) is 50.7 Å². The number of nitrogens with zero attached hydrogens (tertiary/aromatic N) is 4. The van der Waals surface area contributed by atoms with Crippen LogP contribution in [0.15, 0.2) is 48.9 Å². The van der Waals surface area contributed by atoms with Crippen molar-refractivity contribution in [3.8, 4) is 16.9 Å². The second-order valence-electron chi connectivity index (χ2n) is 8.99. The van der Waals surface area contributed by atoms with Crippen molar-refractivity contribution in [1.29, 1.82) is 0 Å². The molecule has 2 N–H and O–H groups in total. The number of fused-ring (bicyclic) bond motifs is 1. The Balaban J connectivity index is 0.00000304. The molecule has 0 atom stereocenters. The Labute approximate surface area is 220 Å². The molecule has 0 bridgehead atoms. The number of hydrogen-bond donors (Lipinski definition) is 2. The van der Waals surface area contributed by atoms with Crippen LogP contribution in [0.5, 0.6) is 5.75 Å². The number of phenols is 1. The van der Waals surface area contributed by atoms with Crippen LogP contribution in [0.3, 0.4) is 0 Å². The predicted molar refractivity (Wildman–Crippen MR) is 147 cm³/mol. The maximum atomic E-state index is 12.5. The van der Waals surface area contributed by atoms with Gasteiger partial charge in [0.1, 0.15) is 0 Å². The third-order valence-electron chi connectivity index (χ3n) is 6.53. The summed E-state index contributed by atoms with van der Waals surface area (Å²) in [5.41, 5.74) is 4.27. The van der Waals surface area contributed by atoms with E-state index in [0.717, 1.165) is 53.6 Å². The normalized spacial score (nSPS) is 14.6. The SMILES string of the molecule is C.CC(=O)c1cnc2ccc(-c3cc(Cl)c(O)c(Cl)c3)cc2c1Nc1cnn(C2CCN(C)CC2)c1. The van der Waals surface area contributed by atoms with Crippen LogP contribution in [0.25, 0.3) is 22.0 Å². The van der Waals surface area contributed by atoms with E-state index in [1.807, 2.05) is 29.1 Å². The summed E-state index contributed by atoms with van der Waals surface area (Å²) in [6.07, 6.45) is 7.49. The van der Waals surface area contributed by atoms with Crippen LogP contribution in [0.1, 0.15) is 43.6 Å². The summed E-state index contributed by atoms with van der Waals surface area (Å²) in [5, 5.41) is 19.1. The van der Waals surface area contributed by atoms with E-state index in [1.54, 1.807) is 24.5 Å². The zero-order valence-electron chi connectivity index (χ0n) is 19.4. The van der Waals surface area contributed by atoms with Gasteiger partial charge in [-0.05, 0) is 75.3 Å². The predicted octanol–water partition coefficient (Wildman–Crippen LogP) is 6.96. The number of aromatic hydroxyl groups is 1. The first kappa shape index (κ1) is 25.9. The Hall–Kier alpha value is -3.13. The van der Waals surface area contributed by atoms with Gasteiger partial charge in [0, 0.05) is 17.8 Å². The number of likely N-dealkylation sites (tertiary alicyclic amines) is 1. The maximum absolute atomic E-state index is 12.5. The average Bonchev–Trinajstić information content (AvgIpc) is 3.31. The summed E-state index contributed by atoms with van der Waals surface area (Å²) in [7, 11) is 2.14. The highest BCUT2D eigenvalue weighted by atomic mass is 35.5. The molecule has 4 aromatic rings. The number of nitrogens with one attached hydrogen (secondary N) is 1. The van der Waals surface area contributed by atoms with E-state index in [1.165, 1.54) is 6.92 Å². The number of Topliss-reactive ketones (excluding diaryl/α,β-unsaturated/α-hetero) is 1. The van der Waals surface area contributed by atoms with Crippen molar-refractivity contribution >= 4 is 51.3 Å². The Morgan fingerprint density at radius 3 is 2.44 bits per heavy atom. The van der Waals surface area contributed by atoms with Crippen molar-refractivity contribution in [2.75, 3.05) is 25.5 Å². The monoisotopic (exact) mass is 525 g/mol. The summed E-state index contributed by atoms with van der Waals surface area (Å²) in [5.74, 6) is -0.242. The van der Waals surface area contributed by atoms with Crippen LogP contribution < -0.4 is 5.32 Å². The molecule has 0 radical (unpaired) electrons. The summed E-state index contributed by atoms with van der Waals surface area (Å²) in [6, 6.07) is 9.41. The molecule has 0 unspecified atom stereocenters. The average molecular weight is 526 g/mol. The molecule has 5 rings (SSSR count). The van der Waals surface area contributed by atoms with Crippen molar-refractivity contribution in [3.63, 3.8) is 0 Å². The Kier molecular flexibility index (Phi) is 7.54. The van der Waals surface area contributed by atoms with Gasteiger partial charge in [0.05, 0.1) is 44.7 Å². The van der Waals surface area contributed by atoms with Gasteiger partial charge in [-0.2, -0.15) is 5.10 Å². The van der Waals surface area contributed by atoms with Crippen molar-refractivity contribution in [3.05, 3.63) is 64.5 Å². The van der Waals surface area contributed by atoms with Crippen LogP contribution in [0.4, 0.5) is 11.4 Å². The largest absolute Gasteiger partial charge is 0.505 e. The van der Waals surface area contributed by atoms with E-state index in [2.05, 4.69) is 27.3 Å². The summed E-state index contributed by atoms with van der Waals surface area (Å²) in [4.78, 5) is 19.3. The molecule has 1 aliphatic rings. The highest BCUT2D eigenvalue weighted by Gasteiger charge is 2.20. The van der Waals surface area contributed by atoms with Gasteiger partial charge in [0.25, 0.3) is 0 Å². The Morgan fingerprint density at radius 1 is 1.08 bits per heavy atom. The van der Waals surface area contributed by atoms with Gasteiger partial charge in [0.2, 0.25) is 0 Å². The molecule has 0 spiro atoms. The van der Waals surface area contributed by atoms with Gasteiger partial charge in [0.15, 0.2) is 11.5 Å². The number of carbonyl (C=O) groups is 1. The minimum atomic E-state index is -0.151. The van der Waals surface area contributed by atoms with Gasteiger partial charge in [-0.15, -0.1) is 0 Å². The van der Waals surface area contributed by atoms with Crippen LogP contribution in [0, 0.1) is 0 Å². The molecular formula is C27H29Cl2N5O2. The number of benzene rings is 2. The van der Waals surface area contributed by atoms with Gasteiger partial charge >= 0.3 is 0 Å². The van der Waals surface area contributed by atoms with Crippen molar-refractivity contribution < 1.29 is 9.90 Å². The molecule has 0 amide bonds. The molecule has 0 aliphatic carbocycles. The molecule has 1 fully saturated rings. The number of anilines is 2. The Morgan fingerprint density at radius 2 is 1.78 bits per heavy atom. The number of piperidine rings is 1. The molecule has 2 aromatic heterocycles. The van der Waals surface area contributed by atoms with E-state index < -0.39 is 0 Å². The second-order valence-corrected chi connectivity index (χ2v) is 9.81. The van der Waals surface area contributed by atoms with Crippen LogP contribution in [-0.2, 0) is 0 Å². The van der Waals surface area contributed by atoms with Gasteiger partial charge in [-0.1, -0.05) is 36.7 Å². The fraction of sp³-hybridized carbons (Fsp3) is 0.296.